The molecule has 3 heteroatoms. The molecule has 0 radical (unpaired) electrons. The fourth-order valence-electron chi connectivity index (χ4n) is 2.57. The average Bonchev–Trinajstić information content (AvgIpc) is 2.64. The lowest BCUT2D eigenvalue weighted by Crippen LogP contribution is -2.21. The number of rotatable bonds is 2. The summed E-state index contributed by atoms with van der Waals surface area (Å²) in [5.74, 6) is 1.86. The molecule has 0 unspecified atom stereocenters. The van der Waals surface area contributed by atoms with Crippen molar-refractivity contribution in [3.05, 3.63) is 59.2 Å². The van der Waals surface area contributed by atoms with Gasteiger partial charge in [0, 0.05) is 21.8 Å². The topological polar surface area (TPSA) is 21.6 Å². The molecule has 0 amide bonds. The van der Waals surface area contributed by atoms with Crippen molar-refractivity contribution < 1.29 is 4.74 Å². The van der Waals surface area contributed by atoms with E-state index in [0.717, 1.165) is 22.8 Å². The molecule has 0 fully saturated rings. The van der Waals surface area contributed by atoms with E-state index in [0.29, 0.717) is 0 Å². The first kappa shape index (κ1) is 15.2. The molecule has 0 atom stereocenters. The minimum absolute atomic E-state index is 0.0765. The Kier molecular flexibility index (Phi) is 4.00. The third-order valence-corrected chi connectivity index (χ3v) is 5.27. The number of hydrogen-bond donors (Lipinski definition) is 0. The zero-order valence-electron chi connectivity index (χ0n) is 13.5. The van der Waals surface area contributed by atoms with Crippen LogP contribution in [0.3, 0.4) is 0 Å². The Balaban J connectivity index is 2.16. The number of fused-ring (bicyclic) bond motifs is 1. The number of aryl methyl sites for hydroxylation is 1. The smallest absolute Gasteiger partial charge is 0.118 e. The van der Waals surface area contributed by atoms with Crippen molar-refractivity contribution >= 4 is 17.5 Å². The number of benzene rings is 2. The van der Waals surface area contributed by atoms with Crippen LogP contribution in [0.15, 0.2) is 52.4 Å². The maximum atomic E-state index is 5.27. The van der Waals surface area contributed by atoms with Gasteiger partial charge in [0.25, 0.3) is 0 Å². The Bertz CT molecular complexity index is 717. The van der Waals surface area contributed by atoms with Gasteiger partial charge in [-0.15, -0.1) is 11.8 Å². The maximum absolute atomic E-state index is 5.27. The molecule has 0 N–H and O–H groups in total. The lowest BCUT2D eigenvalue weighted by Gasteiger charge is -2.18. The minimum atomic E-state index is -0.0765. The molecule has 1 aliphatic rings. The summed E-state index contributed by atoms with van der Waals surface area (Å²) in [6, 6.07) is 14.8. The predicted octanol–water partition coefficient (Wildman–Crippen LogP) is 4.73. The van der Waals surface area contributed by atoms with Gasteiger partial charge < -0.3 is 4.74 Å². The second-order valence-corrected chi connectivity index (χ2v) is 7.31. The van der Waals surface area contributed by atoms with Crippen LogP contribution >= 0.6 is 11.8 Å². The first-order chi connectivity index (χ1) is 10.5. The van der Waals surface area contributed by atoms with Gasteiger partial charge in [-0.3, -0.25) is 4.99 Å². The van der Waals surface area contributed by atoms with Gasteiger partial charge in [0.15, 0.2) is 0 Å². The standard InChI is InChI=1S/C19H21NOS/c1-13-5-10-17-16(11-13)18(20-19(2,3)12-22-17)14-6-8-15(21-4)9-7-14/h5-11H,12H2,1-4H3. The van der Waals surface area contributed by atoms with Gasteiger partial charge in [-0.1, -0.05) is 11.6 Å². The van der Waals surface area contributed by atoms with Crippen molar-refractivity contribution in [1.82, 2.24) is 0 Å². The van der Waals surface area contributed by atoms with E-state index in [2.05, 4.69) is 51.1 Å². The minimum Gasteiger partial charge on any atom is -0.497 e. The van der Waals surface area contributed by atoms with Crippen LogP contribution in [-0.4, -0.2) is 24.1 Å². The molecule has 0 aliphatic carbocycles. The summed E-state index contributed by atoms with van der Waals surface area (Å²) in [4.78, 5) is 6.38. The van der Waals surface area contributed by atoms with Crippen molar-refractivity contribution in [3.63, 3.8) is 0 Å². The van der Waals surface area contributed by atoms with Gasteiger partial charge >= 0.3 is 0 Å². The number of thioether (sulfide) groups is 1. The molecule has 1 heterocycles. The molecule has 1 aliphatic heterocycles. The van der Waals surface area contributed by atoms with Gasteiger partial charge in [-0.05, 0) is 57.2 Å². The predicted molar refractivity (Wildman–Crippen MR) is 94.6 cm³/mol. The highest BCUT2D eigenvalue weighted by Gasteiger charge is 2.25. The molecule has 114 valence electrons. The molecule has 3 rings (SSSR count). The highest BCUT2D eigenvalue weighted by Crippen LogP contribution is 2.34. The third kappa shape index (κ3) is 3.05. The van der Waals surface area contributed by atoms with E-state index in [1.807, 2.05) is 23.9 Å². The van der Waals surface area contributed by atoms with E-state index in [9.17, 15) is 0 Å². The van der Waals surface area contributed by atoms with E-state index in [1.165, 1.54) is 16.0 Å². The van der Waals surface area contributed by atoms with E-state index in [1.54, 1.807) is 7.11 Å². The highest BCUT2D eigenvalue weighted by atomic mass is 32.2. The number of methoxy groups -OCH3 is 1. The number of ether oxygens (including phenoxy) is 1. The monoisotopic (exact) mass is 311 g/mol. The Morgan fingerprint density at radius 2 is 1.82 bits per heavy atom. The van der Waals surface area contributed by atoms with Crippen molar-refractivity contribution in [2.24, 2.45) is 4.99 Å². The summed E-state index contributed by atoms with van der Waals surface area (Å²) in [5.41, 5.74) is 4.65. The normalized spacial score (nSPS) is 16.5. The van der Waals surface area contributed by atoms with Crippen molar-refractivity contribution in [3.8, 4) is 5.75 Å². The van der Waals surface area contributed by atoms with Crippen LogP contribution in [0.4, 0.5) is 0 Å². The molecular formula is C19H21NOS. The molecule has 0 aromatic heterocycles. The van der Waals surface area contributed by atoms with Gasteiger partial charge in [0.1, 0.15) is 5.75 Å². The van der Waals surface area contributed by atoms with E-state index >= 15 is 0 Å². The molecule has 22 heavy (non-hydrogen) atoms. The average molecular weight is 311 g/mol. The summed E-state index contributed by atoms with van der Waals surface area (Å²) in [5, 5.41) is 0. The van der Waals surface area contributed by atoms with Gasteiger partial charge in [-0.2, -0.15) is 0 Å². The second-order valence-electron chi connectivity index (χ2n) is 6.29. The Hall–Kier alpha value is -1.74. The van der Waals surface area contributed by atoms with E-state index in [-0.39, 0.29) is 5.54 Å². The molecular weight excluding hydrogens is 290 g/mol. The first-order valence-electron chi connectivity index (χ1n) is 7.47. The summed E-state index contributed by atoms with van der Waals surface area (Å²) >= 11 is 1.89. The van der Waals surface area contributed by atoms with E-state index in [4.69, 9.17) is 9.73 Å². The highest BCUT2D eigenvalue weighted by molar-refractivity contribution is 7.99. The Labute approximate surface area is 136 Å². The lowest BCUT2D eigenvalue weighted by atomic mass is 9.99. The molecule has 0 saturated heterocycles. The quantitative estimate of drug-likeness (QED) is 0.800. The van der Waals surface area contributed by atoms with Crippen LogP contribution in [0, 0.1) is 6.92 Å². The van der Waals surface area contributed by atoms with Crippen molar-refractivity contribution in [2.45, 2.75) is 31.2 Å². The van der Waals surface area contributed by atoms with Crippen LogP contribution < -0.4 is 4.74 Å². The first-order valence-corrected chi connectivity index (χ1v) is 8.45. The van der Waals surface area contributed by atoms with Crippen LogP contribution in [-0.2, 0) is 0 Å². The molecule has 0 bridgehead atoms. The van der Waals surface area contributed by atoms with Crippen molar-refractivity contribution in [2.75, 3.05) is 12.9 Å². The number of hydrogen-bond acceptors (Lipinski definition) is 3. The summed E-state index contributed by atoms with van der Waals surface area (Å²) in [6.45, 7) is 6.52. The zero-order chi connectivity index (χ0) is 15.7. The van der Waals surface area contributed by atoms with Gasteiger partial charge in [0.05, 0.1) is 18.4 Å². The van der Waals surface area contributed by atoms with Gasteiger partial charge in [0.2, 0.25) is 0 Å². The van der Waals surface area contributed by atoms with Crippen LogP contribution in [0.2, 0.25) is 0 Å². The SMILES string of the molecule is COc1ccc(C2=NC(C)(C)CSc3ccc(C)cc32)cc1. The number of nitrogens with zero attached hydrogens (tertiary/aromatic N) is 1. The Morgan fingerprint density at radius 3 is 2.50 bits per heavy atom. The molecule has 0 saturated carbocycles. The largest absolute Gasteiger partial charge is 0.497 e. The van der Waals surface area contributed by atoms with Gasteiger partial charge in [-0.25, -0.2) is 0 Å². The molecule has 2 aromatic rings. The van der Waals surface area contributed by atoms with E-state index < -0.39 is 0 Å². The fraction of sp³-hybridized carbons (Fsp3) is 0.316. The van der Waals surface area contributed by atoms with Crippen LogP contribution in [0.5, 0.6) is 5.75 Å². The second kappa shape index (κ2) is 5.81. The van der Waals surface area contributed by atoms with Crippen LogP contribution in [0.25, 0.3) is 0 Å². The summed E-state index contributed by atoms with van der Waals surface area (Å²) < 4.78 is 5.27. The maximum Gasteiger partial charge on any atom is 0.118 e. The van der Waals surface area contributed by atoms with Crippen molar-refractivity contribution in [1.29, 1.82) is 0 Å². The number of aliphatic imine (C=N–C) groups is 1. The lowest BCUT2D eigenvalue weighted by molar-refractivity contribution is 0.415. The molecule has 2 nitrogen and oxygen atoms in total. The third-order valence-electron chi connectivity index (χ3n) is 3.75. The molecule has 0 spiro atoms. The molecule has 2 aromatic carbocycles. The Morgan fingerprint density at radius 1 is 1.09 bits per heavy atom. The van der Waals surface area contributed by atoms with Crippen LogP contribution in [0.1, 0.15) is 30.5 Å². The zero-order valence-corrected chi connectivity index (χ0v) is 14.3. The fourth-order valence-corrected chi connectivity index (χ4v) is 3.62. The summed E-state index contributed by atoms with van der Waals surface area (Å²) in [7, 11) is 1.69. The summed E-state index contributed by atoms with van der Waals surface area (Å²) in [6.07, 6.45) is 0.